The molecule has 1 aliphatic rings. The maximum atomic E-state index is 12.0. The summed E-state index contributed by atoms with van der Waals surface area (Å²) in [5, 5.41) is 3.29. The maximum absolute atomic E-state index is 12.0. The fourth-order valence-corrected chi connectivity index (χ4v) is 3.03. The van der Waals surface area contributed by atoms with E-state index in [2.05, 4.69) is 10.2 Å². The summed E-state index contributed by atoms with van der Waals surface area (Å²) in [6, 6.07) is 5.34. The third kappa shape index (κ3) is 6.00. The van der Waals surface area contributed by atoms with Crippen molar-refractivity contribution in [3.8, 4) is 5.75 Å². The monoisotopic (exact) mass is 406 g/mol. The van der Waals surface area contributed by atoms with Gasteiger partial charge in [-0.3, -0.25) is 0 Å². The highest BCUT2D eigenvalue weighted by atomic mass is 16.6. The lowest BCUT2D eigenvalue weighted by Crippen LogP contribution is -2.53. The number of hydrogen-bond acceptors (Lipinski definition) is 6. The van der Waals surface area contributed by atoms with E-state index in [0.29, 0.717) is 50.6 Å². The van der Waals surface area contributed by atoms with Crippen molar-refractivity contribution in [3.05, 3.63) is 29.3 Å². The molecule has 0 unspecified atom stereocenters. The first-order valence-corrected chi connectivity index (χ1v) is 9.74. The standard InChI is InChI=1S/C20H30N4O5/c1-5-21-19(23-9-11-24(12-10-23)20(26)29-6-2)22-14-15-7-8-17(27-3)16(13-15)18(25)28-4/h7-8,13H,5-6,9-12,14H2,1-4H3,(H,21,22). The number of nitrogens with one attached hydrogen (secondary N) is 1. The second-order valence-corrected chi connectivity index (χ2v) is 6.37. The van der Waals surface area contributed by atoms with Gasteiger partial charge in [0.1, 0.15) is 11.3 Å². The fourth-order valence-electron chi connectivity index (χ4n) is 3.03. The Kier molecular flexibility index (Phi) is 8.57. The van der Waals surface area contributed by atoms with E-state index in [1.54, 1.807) is 24.0 Å². The molecule has 2 rings (SSSR count). The highest BCUT2D eigenvalue weighted by molar-refractivity contribution is 5.92. The first-order valence-electron chi connectivity index (χ1n) is 9.74. The number of esters is 1. The van der Waals surface area contributed by atoms with Gasteiger partial charge in [0.15, 0.2) is 5.96 Å². The van der Waals surface area contributed by atoms with Crippen molar-refractivity contribution < 1.29 is 23.8 Å². The zero-order chi connectivity index (χ0) is 21.2. The second kappa shape index (κ2) is 11.1. The maximum Gasteiger partial charge on any atom is 0.409 e. The molecule has 0 atom stereocenters. The van der Waals surface area contributed by atoms with Crippen molar-refractivity contribution in [1.82, 2.24) is 15.1 Å². The van der Waals surface area contributed by atoms with Crippen molar-refractivity contribution in [2.45, 2.75) is 20.4 Å². The van der Waals surface area contributed by atoms with Crippen LogP contribution in [0.1, 0.15) is 29.8 Å². The molecule has 1 amide bonds. The third-order valence-electron chi connectivity index (χ3n) is 4.52. The number of methoxy groups -OCH3 is 2. The van der Waals surface area contributed by atoms with Gasteiger partial charge in [0, 0.05) is 32.7 Å². The molecular weight excluding hydrogens is 376 g/mol. The smallest absolute Gasteiger partial charge is 0.409 e. The SMILES string of the molecule is CCNC(=NCc1ccc(OC)c(C(=O)OC)c1)N1CCN(C(=O)OCC)CC1. The first-order chi connectivity index (χ1) is 14.0. The highest BCUT2D eigenvalue weighted by Crippen LogP contribution is 2.21. The second-order valence-electron chi connectivity index (χ2n) is 6.37. The van der Waals surface area contributed by atoms with Crippen LogP contribution in [0.2, 0.25) is 0 Å². The zero-order valence-electron chi connectivity index (χ0n) is 17.6. The van der Waals surface area contributed by atoms with Gasteiger partial charge in [-0.1, -0.05) is 6.07 Å². The van der Waals surface area contributed by atoms with Gasteiger partial charge in [-0.2, -0.15) is 0 Å². The Morgan fingerprint density at radius 3 is 2.38 bits per heavy atom. The highest BCUT2D eigenvalue weighted by Gasteiger charge is 2.23. The van der Waals surface area contributed by atoms with Crippen LogP contribution in [-0.2, 0) is 16.0 Å². The van der Waals surface area contributed by atoms with Crippen LogP contribution in [0.15, 0.2) is 23.2 Å². The molecule has 0 radical (unpaired) electrons. The number of hydrogen-bond donors (Lipinski definition) is 1. The molecular formula is C20H30N4O5. The number of guanidine groups is 1. The Morgan fingerprint density at radius 1 is 1.10 bits per heavy atom. The number of benzene rings is 1. The summed E-state index contributed by atoms with van der Waals surface area (Å²) in [6.07, 6.45) is -0.275. The van der Waals surface area contributed by atoms with Crippen molar-refractivity contribution in [3.63, 3.8) is 0 Å². The largest absolute Gasteiger partial charge is 0.496 e. The number of carbonyl (C=O) groups excluding carboxylic acids is 2. The van der Waals surface area contributed by atoms with Gasteiger partial charge in [-0.25, -0.2) is 14.6 Å². The summed E-state index contributed by atoms with van der Waals surface area (Å²) in [5.74, 6) is 0.785. The summed E-state index contributed by atoms with van der Waals surface area (Å²) in [6.45, 7) is 7.81. The summed E-state index contributed by atoms with van der Waals surface area (Å²) in [7, 11) is 2.85. The van der Waals surface area contributed by atoms with Crippen molar-refractivity contribution in [2.75, 3.05) is 53.6 Å². The van der Waals surface area contributed by atoms with Crippen molar-refractivity contribution in [2.24, 2.45) is 4.99 Å². The minimum atomic E-state index is -0.449. The molecule has 9 heteroatoms. The van der Waals surface area contributed by atoms with Gasteiger partial charge in [-0.15, -0.1) is 0 Å². The Morgan fingerprint density at radius 2 is 1.79 bits per heavy atom. The molecule has 0 saturated carbocycles. The molecule has 1 aliphatic heterocycles. The van der Waals surface area contributed by atoms with Crippen LogP contribution in [0.3, 0.4) is 0 Å². The lowest BCUT2D eigenvalue weighted by atomic mass is 10.1. The van der Waals surface area contributed by atoms with E-state index in [1.165, 1.54) is 14.2 Å². The van der Waals surface area contributed by atoms with Gasteiger partial charge in [-0.05, 0) is 31.5 Å². The number of nitrogens with zero attached hydrogens (tertiary/aromatic N) is 3. The van der Waals surface area contributed by atoms with Gasteiger partial charge in [0.05, 0.1) is 27.4 Å². The van der Waals surface area contributed by atoms with Crippen molar-refractivity contribution >= 4 is 18.0 Å². The molecule has 9 nitrogen and oxygen atoms in total. The minimum Gasteiger partial charge on any atom is -0.496 e. The molecule has 1 N–H and O–H groups in total. The molecule has 1 heterocycles. The zero-order valence-corrected chi connectivity index (χ0v) is 17.6. The summed E-state index contributed by atoms with van der Waals surface area (Å²) in [5.41, 5.74) is 1.24. The van der Waals surface area contributed by atoms with Crippen molar-refractivity contribution in [1.29, 1.82) is 0 Å². The number of amides is 1. The van der Waals surface area contributed by atoms with Gasteiger partial charge in [0.25, 0.3) is 0 Å². The minimum absolute atomic E-state index is 0.275. The molecule has 0 spiro atoms. The van der Waals surface area contributed by atoms with E-state index in [1.807, 2.05) is 13.0 Å². The predicted molar refractivity (Wildman–Crippen MR) is 109 cm³/mol. The van der Waals surface area contributed by atoms with Gasteiger partial charge in [0.2, 0.25) is 0 Å². The van der Waals surface area contributed by atoms with Crippen LogP contribution in [0, 0.1) is 0 Å². The van der Waals surface area contributed by atoms with Crippen LogP contribution in [0.4, 0.5) is 4.79 Å². The van der Waals surface area contributed by atoms with E-state index >= 15 is 0 Å². The average Bonchev–Trinajstić information content (AvgIpc) is 2.76. The quantitative estimate of drug-likeness (QED) is 0.437. The molecule has 160 valence electrons. The summed E-state index contributed by atoms with van der Waals surface area (Å²) >= 11 is 0. The van der Waals surface area contributed by atoms with Crippen LogP contribution < -0.4 is 10.1 Å². The molecule has 0 aromatic heterocycles. The molecule has 0 aliphatic carbocycles. The Bertz CT molecular complexity index is 730. The van der Waals surface area contributed by atoms with E-state index in [0.717, 1.165) is 18.1 Å². The van der Waals surface area contributed by atoms with E-state index in [4.69, 9.17) is 19.2 Å². The van der Waals surface area contributed by atoms with Gasteiger partial charge < -0.3 is 29.3 Å². The van der Waals surface area contributed by atoms with Crippen LogP contribution >= 0.6 is 0 Å². The number of piperazine rings is 1. The predicted octanol–water partition coefficient (Wildman–Crippen LogP) is 1.72. The lowest BCUT2D eigenvalue weighted by molar-refractivity contribution is 0.0596. The van der Waals surface area contributed by atoms with E-state index in [9.17, 15) is 9.59 Å². The molecule has 0 bridgehead atoms. The molecule has 1 saturated heterocycles. The number of rotatable bonds is 6. The molecule has 1 fully saturated rings. The molecule has 1 aromatic carbocycles. The van der Waals surface area contributed by atoms with E-state index < -0.39 is 5.97 Å². The van der Waals surface area contributed by atoms with Gasteiger partial charge >= 0.3 is 12.1 Å². The number of ether oxygens (including phenoxy) is 3. The van der Waals surface area contributed by atoms with Crippen LogP contribution in [0.25, 0.3) is 0 Å². The Balaban J connectivity index is 2.08. The normalized spacial score (nSPS) is 14.4. The lowest BCUT2D eigenvalue weighted by Gasteiger charge is -2.35. The first kappa shape index (κ1) is 22.3. The summed E-state index contributed by atoms with van der Waals surface area (Å²) in [4.78, 5) is 32.3. The fraction of sp³-hybridized carbons (Fsp3) is 0.550. The molecule has 29 heavy (non-hydrogen) atoms. The Hall–Kier alpha value is -2.97. The van der Waals surface area contributed by atoms with Crippen LogP contribution in [0.5, 0.6) is 5.75 Å². The number of carbonyl (C=O) groups is 2. The van der Waals surface area contributed by atoms with E-state index in [-0.39, 0.29) is 6.09 Å². The summed E-state index contributed by atoms with van der Waals surface area (Å²) < 4.78 is 15.1. The third-order valence-corrected chi connectivity index (χ3v) is 4.52. The topological polar surface area (TPSA) is 92.7 Å². The number of aliphatic imine (C=N–C) groups is 1. The molecule has 1 aromatic rings. The average molecular weight is 406 g/mol. The van der Waals surface area contributed by atoms with Crippen LogP contribution in [-0.4, -0.2) is 81.4 Å². The Labute approximate surface area is 171 Å².